The second kappa shape index (κ2) is 10.6. The van der Waals surface area contributed by atoms with Crippen LogP contribution in [0.4, 0.5) is 0 Å². The lowest BCUT2D eigenvalue weighted by Gasteiger charge is -2.41. The molecule has 1 heterocycles. The van der Waals surface area contributed by atoms with Crippen LogP contribution >= 0.6 is 0 Å². The van der Waals surface area contributed by atoms with Gasteiger partial charge >= 0.3 is 11.9 Å². The zero-order valence-corrected chi connectivity index (χ0v) is 16.5. The fourth-order valence-electron chi connectivity index (χ4n) is 2.65. The molecule has 0 aliphatic carbocycles. The van der Waals surface area contributed by atoms with Crippen LogP contribution in [0, 0.1) is 12.3 Å². The number of quaternary nitrogens is 1. The van der Waals surface area contributed by atoms with Gasteiger partial charge in [-0.05, 0) is 12.8 Å². The number of hydrogen-bond donors (Lipinski definition) is 1. The van der Waals surface area contributed by atoms with Crippen LogP contribution < -0.4 is 0 Å². The molecular weight excluding hydrogens is 358 g/mol. The van der Waals surface area contributed by atoms with Crippen LogP contribution in [0.5, 0.6) is 0 Å². The van der Waals surface area contributed by atoms with Crippen molar-refractivity contribution in [1.82, 2.24) is 0 Å². The third kappa shape index (κ3) is 8.24. The number of rotatable bonds is 9. The van der Waals surface area contributed by atoms with Crippen molar-refractivity contribution >= 4 is 11.9 Å². The number of carbonyl (C=O) groups excluding carboxylic acids is 2. The molecule has 0 aromatic carbocycles. The quantitative estimate of drug-likeness (QED) is 0.248. The summed E-state index contributed by atoms with van der Waals surface area (Å²) >= 11 is 0. The average Bonchev–Trinajstić information content (AvgIpc) is 2.50. The molecule has 0 bridgehead atoms. The van der Waals surface area contributed by atoms with Gasteiger partial charge in [-0.1, -0.05) is 0 Å². The number of ether oxygens (including phenoxy) is 5. The van der Waals surface area contributed by atoms with E-state index in [9.17, 15) is 14.7 Å². The third-order valence-electron chi connectivity index (χ3n) is 3.85. The highest BCUT2D eigenvalue weighted by molar-refractivity contribution is 5.67. The largest absolute Gasteiger partial charge is 0.456 e. The van der Waals surface area contributed by atoms with Crippen LogP contribution in [0.2, 0.25) is 0 Å². The first-order valence-corrected chi connectivity index (χ1v) is 8.72. The standard InChI is InChI=1S/C18H30NO8/c1-7-8-19(5,6)9-10-23-18-17(27-14(4)22)16(26-13(3)21)15(11-24-18)25-12(2)20/h1,14-18,22H,8-11H2,2-6H3/q+1/t14?,15-,16+,17-,18?/m1/s1. The van der Waals surface area contributed by atoms with Crippen LogP contribution in [0.15, 0.2) is 0 Å². The number of aliphatic hydroxyl groups excluding tert-OH is 1. The molecule has 154 valence electrons. The number of carbonyl (C=O) groups is 2. The van der Waals surface area contributed by atoms with Gasteiger partial charge in [0.25, 0.3) is 0 Å². The summed E-state index contributed by atoms with van der Waals surface area (Å²) < 4.78 is 27.9. The van der Waals surface area contributed by atoms with Crippen molar-refractivity contribution < 1.29 is 42.9 Å². The van der Waals surface area contributed by atoms with Crippen molar-refractivity contribution in [3.05, 3.63) is 0 Å². The van der Waals surface area contributed by atoms with Crippen LogP contribution in [-0.2, 0) is 33.3 Å². The molecule has 9 nitrogen and oxygen atoms in total. The molecule has 1 saturated heterocycles. The molecule has 2 unspecified atom stereocenters. The van der Waals surface area contributed by atoms with Crippen molar-refractivity contribution in [2.75, 3.05) is 40.4 Å². The van der Waals surface area contributed by atoms with Gasteiger partial charge in [-0.2, -0.15) is 0 Å². The Morgan fingerprint density at radius 2 is 1.89 bits per heavy atom. The van der Waals surface area contributed by atoms with E-state index in [0.717, 1.165) is 0 Å². The van der Waals surface area contributed by atoms with Gasteiger partial charge in [-0.3, -0.25) is 9.59 Å². The summed E-state index contributed by atoms with van der Waals surface area (Å²) in [4.78, 5) is 22.9. The van der Waals surface area contributed by atoms with E-state index in [4.69, 9.17) is 30.1 Å². The van der Waals surface area contributed by atoms with Crippen molar-refractivity contribution in [3.63, 3.8) is 0 Å². The molecule has 1 aliphatic rings. The van der Waals surface area contributed by atoms with E-state index in [1.165, 1.54) is 20.8 Å². The molecule has 5 atom stereocenters. The normalized spacial score (nSPS) is 26.7. The van der Waals surface area contributed by atoms with Gasteiger partial charge < -0.3 is 33.3 Å². The predicted molar refractivity (Wildman–Crippen MR) is 94.0 cm³/mol. The zero-order valence-electron chi connectivity index (χ0n) is 16.5. The Balaban J connectivity index is 2.88. The number of esters is 2. The van der Waals surface area contributed by atoms with Crippen LogP contribution in [0.25, 0.3) is 0 Å². The van der Waals surface area contributed by atoms with E-state index in [0.29, 0.717) is 24.2 Å². The Labute approximate surface area is 160 Å². The Kier molecular flexibility index (Phi) is 9.15. The number of terminal acetylenes is 1. The van der Waals surface area contributed by atoms with Gasteiger partial charge in [0.2, 0.25) is 0 Å². The topological polar surface area (TPSA) is 101 Å². The SMILES string of the molecule is C#CC[N+](C)(C)CCOC1OC[C@@H](OC(C)=O)[C@H](OC(C)=O)[C@H]1OC(C)O. The van der Waals surface area contributed by atoms with Crippen molar-refractivity contribution in [2.45, 2.75) is 51.7 Å². The maximum Gasteiger partial charge on any atom is 0.303 e. The minimum absolute atomic E-state index is 0.0372. The molecule has 0 amide bonds. The van der Waals surface area contributed by atoms with Gasteiger partial charge in [0.15, 0.2) is 30.9 Å². The molecule has 1 aliphatic heterocycles. The molecule has 0 radical (unpaired) electrons. The Morgan fingerprint density at radius 1 is 1.26 bits per heavy atom. The number of nitrogens with zero attached hydrogens (tertiary/aromatic N) is 1. The first kappa shape index (κ1) is 23.3. The van der Waals surface area contributed by atoms with Crippen LogP contribution in [0.1, 0.15) is 20.8 Å². The second-order valence-corrected chi connectivity index (χ2v) is 7.02. The fourth-order valence-corrected chi connectivity index (χ4v) is 2.65. The van der Waals surface area contributed by atoms with Gasteiger partial charge in [-0.25, -0.2) is 0 Å². The second-order valence-electron chi connectivity index (χ2n) is 7.02. The van der Waals surface area contributed by atoms with E-state index in [2.05, 4.69) is 5.92 Å². The first-order chi connectivity index (χ1) is 12.6. The highest BCUT2D eigenvalue weighted by atomic mass is 16.7. The highest BCUT2D eigenvalue weighted by Crippen LogP contribution is 2.25. The molecule has 9 heteroatoms. The van der Waals surface area contributed by atoms with Crippen LogP contribution in [0.3, 0.4) is 0 Å². The number of hydrogen-bond acceptors (Lipinski definition) is 8. The Hall–Kier alpha value is -1.70. The monoisotopic (exact) mass is 388 g/mol. The lowest BCUT2D eigenvalue weighted by Crippen LogP contribution is -2.58. The summed E-state index contributed by atoms with van der Waals surface area (Å²) in [5.74, 6) is 1.47. The van der Waals surface area contributed by atoms with E-state index >= 15 is 0 Å². The molecule has 0 aromatic heterocycles. The summed E-state index contributed by atoms with van der Waals surface area (Å²) in [7, 11) is 3.93. The first-order valence-electron chi connectivity index (χ1n) is 8.72. The van der Waals surface area contributed by atoms with Gasteiger partial charge in [0.05, 0.1) is 27.3 Å². The molecule has 0 spiro atoms. The summed E-state index contributed by atoms with van der Waals surface area (Å²) in [5.41, 5.74) is 0. The predicted octanol–water partition coefficient (Wildman–Crippen LogP) is -0.344. The third-order valence-corrected chi connectivity index (χ3v) is 3.85. The molecule has 1 rings (SSSR count). The number of likely N-dealkylation sites (N-methyl/N-ethyl adjacent to an activating group) is 1. The average molecular weight is 388 g/mol. The van der Waals surface area contributed by atoms with Crippen LogP contribution in [-0.4, -0.2) is 92.8 Å². The van der Waals surface area contributed by atoms with Gasteiger partial charge in [0, 0.05) is 13.8 Å². The molecule has 27 heavy (non-hydrogen) atoms. The molecule has 0 aromatic rings. The molecular formula is C18H30NO8+. The Bertz CT molecular complexity index is 542. The minimum atomic E-state index is -1.17. The molecule has 0 saturated carbocycles. The maximum absolute atomic E-state index is 11.5. The van der Waals surface area contributed by atoms with Crippen molar-refractivity contribution in [2.24, 2.45) is 0 Å². The highest BCUT2D eigenvalue weighted by Gasteiger charge is 2.46. The minimum Gasteiger partial charge on any atom is -0.456 e. The summed E-state index contributed by atoms with van der Waals surface area (Å²) in [6.07, 6.45) is 0.441. The summed E-state index contributed by atoms with van der Waals surface area (Å²) in [6, 6.07) is 0. The van der Waals surface area contributed by atoms with Gasteiger partial charge in [0.1, 0.15) is 13.1 Å². The Morgan fingerprint density at radius 3 is 2.41 bits per heavy atom. The fraction of sp³-hybridized carbons (Fsp3) is 0.778. The van der Waals surface area contributed by atoms with Crippen molar-refractivity contribution in [3.8, 4) is 12.3 Å². The lowest BCUT2D eigenvalue weighted by molar-refractivity contribution is -0.883. The molecule has 1 fully saturated rings. The zero-order chi connectivity index (χ0) is 20.6. The maximum atomic E-state index is 11.5. The lowest BCUT2D eigenvalue weighted by atomic mass is 10.0. The van der Waals surface area contributed by atoms with E-state index < -0.39 is 42.8 Å². The molecule has 1 N–H and O–H groups in total. The smallest absolute Gasteiger partial charge is 0.303 e. The van der Waals surface area contributed by atoms with E-state index in [1.54, 1.807) is 0 Å². The van der Waals surface area contributed by atoms with Crippen molar-refractivity contribution in [1.29, 1.82) is 0 Å². The van der Waals surface area contributed by atoms with Gasteiger partial charge in [-0.15, -0.1) is 6.42 Å². The number of aliphatic hydroxyl groups is 1. The summed E-state index contributed by atoms with van der Waals surface area (Å²) in [6.45, 7) is 5.28. The van der Waals surface area contributed by atoms with E-state index in [1.807, 2.05) is 14.1 Å². The summed E-state index contributed by atoms with van der Waals surface area (Å²) in [5, 5.41) is 9.66. The van der Waals surface area contributed by atoms with E-state index in [-0.39, 0.29) is 6.61 Å².